The molecular formula is C20H23N3S. The topological polar surface area (TPSA) is 37.8 Å². The van der Waals surface area contributed by atoms with Crippen LogP contribution in [0.25, 0.3) is 10.2 Å². The molecule has 4 heteroatoms. The summed E-state index contributed by atoms with van der Waals surface area (Å²) < 4.78 is 0. The number of anilines is 2. The molecule has 24 heavy (non-hydrogen) atoms. The van der Waals surface area contributed by atoms with Crippen molar-refractivity contribution in [2.24, 2.45) is 0 Å². The van der Waals surface area contributed by atoms with Gasteiger partial charge >= 0.3 is 0 Å². The number of aromatic nitrogens is 2. The van der Waals surface area contributed by atoms with Gasteiger partial charge in [0.05, 0.1) is 5.39 Å². The Morgan fingerprint density at radius 1 is 1.12 bits per heavy atom. The zero-order valence-electron chi connectivity index (χ0n) is 14.6. The van der Waals surface area contributed by atoms with E-state index in [0.717, 1.165) is 35.0 Å². The molecule has 0 aliphatic heterocycles. The maximum atomic E-state index is 4.84. The minimum atomic E-state index is 0.861. The molecule has 0 amide bonds. The molecule has 1 N–H and O–H groups in total. The van der Waals surface area contributed by atoms with Crippen LogP contribution in [0.5, 0.6) is 0 Å². The van der Waals surface area contributed by atoms with Gasteiger partial charge in [0.1, 0.15) is 16.5 Å². The number of hydrogen-bond acceptors (Lipinski definition) is 4. The van der Waals surface area contributed by atoms with E-state index >= 15 is 0 Å². The van der Waals surface area contributed by atoms with Crippen molar-refractivity contribution in [2.75, 3.05) is 5.32 Å². The summed E-state index contributed by atoms with van der Waals surface area (Å²) in [6.45, 7) is 6.40. The van der Waals surface area contributed by atoms with Crippen LogP contribution in [0.2, 0.25) is 0 Å². The lowest BCUT2D eigenvalue weighted by Gasteiger charge is -2.14. The highest BCUT2D eigenvalue weighted by Gasteiger charge is 2.21. The molecule has 124 valence electrons. The molecule has 0 saturated heterocycles. The number of rotatable bonds is 3. The van der Waals surface area contributed by atoms with E-state index in [0.29, 0.717) is 0 Å². The predicted molar refractivity (Wildman–Crippen MR) is 103 cm³/mol. The molecule has 0 saturated carbocycles. The van der Waals surface area contributed by atoms with Gasteiger partial charge in [0.25, 0.3) is 0 Å². The van der Waals surface area contributed by atoms with Crippen LogP contribution < -0.4 is 5.32 Å². The van der Waals surface area contributed by atoms with E-state index in [-0.39, 0.29) is 0 Å². The highest BCUT2D eigenvalue weighted by molar-refractivity contribution is 7.19. The largest absolute Gasteiger partial charge is 0.339 e. The first kappa shape index (κ1) is 15.6. The molecule has 2 aromatic heterocycles. The number of fused-ring (bicyclic) bond motifs is 3. The summed E-state index contributed by atoms with van der Waals surface area (Å²) in [4.78, 5) is 12.3. The molecule has 0 fully saturated rings. The number of nitrogens with one attached hydrogen (secondary N) is 1. The lowest BCUT2D eigenvalue weighted by molar-refractivity contribution is 0.700. The highest BCUT2D eigenvalue weighted by Crippen LogP contribution is 2.39. The molecular weight excluding hydrogens is 314 g/mol. The van der Waals surface area contributed by atoms with Gasteiger partial charge in [-0.25, -0.2) is 9.97 Å². The van der Waals surface area contributed by atoms with E-state index in [1.165, 1.54) is 46.2 Å². The van der Waals surface area contributed by atoms with Crippen molar-refractivity contribution < 1.29 is 0 Å². The molecule has 2 heterocycles. The second-order valence-corrected chi connectivity index (χ2v) is 7.76. The summed E-state index contributed by atoms with van der Waals surface area (Å²) in [7, 11) is 0. The normalized spacial score (nSPS) is 14.0. The molecule has 3 nitrogen and oxygen atoms in total. The Morgan fingerprint density at radius 3 is 2.75 bits per heavy atom. The van der Waals surface area contributed by atoms with Crippen molar-refractivity contribution in [3.63, 3.8) is 0 Å². The van der Waals surface area contributed by atoms with Crippen LogP contribution in [-0.4, -0.2) is 9.97 Å². The van der Waals surface area contributed by atoms with Crippen LogP contribution in [0.3, 0.4) is 0 Å². The fourth-order valence-electron chi connectivity index (χ4n) is 3.53. The van der Waals surface area contributed by atoms with Crippen molar-refractivity contribution in [3.05, 3.63) is 45.6 Å². The van der Waals surface area contributed by atoms with Gasteiger partial charge in [-0.2, -0.15) is 0 Å². The molecule has 1 aliphatic rings. The van der Waals surface area contributed by atoms with Crippen LogP contribution in [0, 0.1) is 13.8 Å². The fourth-order valence-corrected chi connectivity index (χ4v) is 4.81. The van der Waals surface area contributed by atoms with Gasteiger partial charge < -0.3 is 5.32 Å². The van der Waals surface area contributed by atoms with E-state index in [4.69, 9.17) is 9.97 Å². The van der Waals surface area contributed by atoms with Crippen molar-refractivity contribution >= 4 is 33.1 Å². The summed E-state index contributed by atoms with van der Waals surface area (Å²) in [6, 6.07) is 6.52. The average Bonchev–Trinajstić information content (AvgIpc) is 2.95. The van der Waals surface area contributed by atoms with Crippen LogP contribution in [-0.2, 0) is 19.3 Å². The summed E-state index contributed by atoms with van der Waals surface area (Å²) in [5, 5.41) is 4.87. The number of thiophene rings is 1. The number of nitrogens with zero attached hydrogens (tertiary/aromatic N) is 2. The lowest BCUT2D eigenvalue weighted by Crippen LogP contribution is -2.04. The van der Waals surface area contributed by atoms with Gasteiger partial charge in [-0.1, -0.05) is 24.6 Å². The SMILES string of the molecule is CCc1nc(Nc2ccc(C)cc2C)c2c3c(sc2n1)CCCC3. The zero-order valence-corrected chi connectivity index (χ0v) is 15.4. The molecule has 0 unspecified atom stereocenters. The van der Waals surface area contributed by atoms with Gasteiger partial charge in [0.2, 0.25) is 0 Å². The number of aryl methyl sites for hydroxylation is 5. The molecule has 0 bridgehead atoms. The van der Waals surface area contributed by atoms with Gasteiger partial charge in [-0.05, 0) is 56.7 Å². The van der Waals surface area contributed by atoms with Crippen LogP contribution in [0.4, 0.5) is 11.5 Å². The van der Waals surface area contributed by atoms with E-state index in [9.17, 15) is 0 Å². The van der Waals surface area contributed by atoms with Crippen LogP contribution in [0.1, 0.15) is 47.2 Å². The van der Waals surface area contributed by atoms with Crippen molar-refractivity contribution in [3.8, 4) is 0 Å². The number of hydrogen-bond donors (Lipinski definition) is 1. The second kappa shape index (κ2) is 6.17. The molecule has 4 rings (SSSR count). The third kappa shape index (κ3) is 2.69. The van der Waals surface area contributed by atoms with Crippen molar-refractivity contribution in [1.82, 2.24) is 9.97 Å². The molecule has 0 atom stereocenters. The van der Waals surface area contributed by atoms with Gasteiger partial charge in [-0.3, -0.25) is 0 Å². The zero-order chi connectivity index (χ0) is 16.7. The molecule has 1 aliphatic carbocycles. The average molecular weight is 337 g/mol. The van der Waals surface area contributed by atoms with Gasteiger partial charge in [-0.15, -0.1) is 11.3 Å². The van der Waals surface area contributed by atoms with Gasteiger partial charge in [0, 0.05) is 17.0 Å². The second-order valence-electron chi connectivity index (χ2n) is 6.68. The smallest absolute Gasteiger partial charge is 0.143 e. The van der Waals surface area contributed by atoms with E-state index in [2.05, 4.69) is 44.3 Å². The predicted octanol–water partition coefficient (Wildman–Crippen LogP) is 5.49. The molecule has 0 spiro atoms. The van der Waals surface area contributed by atoms with E-state index in [1.54, 1.807) is 0 Å². The fraction of sp³-hybridized carbons (Fsp3) is 0.400. The maximum absolute atomic E-state index is 4.84. The first-order chi connectivity index (χ1) is 11.7. The van der Waals surface area contributed by atoms with Crippen molar-refractivity contribution in [2.45, 2.75) is 52.9 Å². The van der Waals surface area contributed by atoms with Crippen LogP contribution in [0.15, 0.2) is 18.2 Å². The Hall–Kier alpha value is -1.94. The Bertz CT molecular complexity index is 911. The minimum absolute atomic E-state index is 0.861. The Labute approximate surface area is 147 Å². The maximum Gasteiger partial charge on any atom is 0.143 e. The van der Waals surface area contributed by atoms with Crippen LogP contribution >= 0.6 is 11.3 Å². The quantitative estimate of drug-likeness (QED) is 0.686. The first-order valence-electron chi connectivity index (χ1n) is 8.81. The van der Waals surface area contributed by atoms with Crippen molar-refractivity contribution in [1.29, 1.82) is 0 Å². The highest BCUT2D eigenvalue weighted by atomic mass is 32.1. The Balaban J connectivity index is 1.87. The molecule has 3 aromatic rings. The monoisotopic (exact) mass is 337 g/mol. The lowest BCUT2D eigenvalue weighted by atomic mass is 9.97. The summed E-state index contributed by atoms with van der Waals surface area (Å²) >= 11 is 1.87. The third-order valence-corrected chi connectivity index (χ3v) is 6.00. The minimum Gasteiger partial charge on any atom is -0.339 e. The van der Waals surface area contributed by atoms with Gasteiger partial charge in [0.15, 0.2) is 0 Å². The number of benzene rings is 1. The van der Waals surface area contributed by atoms with E-state index in [1.807, 2.05) is 11.3 Å². The Morgan fingerprint density at radius 2 is 1.96 bits per heavy atom. The summed E-state index contributed by atoms with van der Waals surface area (Å²) in [6.07, 6.45) is 5.79. The first-order valence-corrected chi connectivity index (χ1v) is 9.62. The third-order valence-electron chi connectivity index (χ3n) is 4.81. The van der Waals surface area contributed by atoms with E-state index < -0.39 is 0 Å². The summed E-state index contributed by atoms with van der Waals surface area (Å²) in [5.74, 6) is 1.91. The molecule has 1 aromatic carbocycles. The Kier molecular flexibility index (Phi) is 4.01. The standard InChI is InChI=1S/C20H23N3S/c1-4-17-22-19(21-15-10-9-12(2)11-13(15)3)18-14-7-5-6-8-16(14)24-20(18)23-17/h9-11H,4-8H2,1-3H3,(H,21,22,23). The summed E-state index contributed by atoms with van der Waals surface area (Å²) in [5.41, 5.74) is 5.16. The molecule has 0 radical (unpaired) electrons.